The molecule has 0 saturated heterocycles. The maximum atomic E-state index is 11.8. The Kier molecular flexibility index (Phi) is 2.82. The minimum absolute atomic E-state index is 0.476. The van der Waals surface area contributed by atoms with Crippen LogP contribution in [0.4, 0.5) is 10.5 Å². The van der Waals surface area contributed by atoms with Crippen LogP contribution in [0.15, 0.2) is 18.7 Å². The van der Waals surface area contributed by atoms with Gasteiger partial charge in [0, 0.05) is 6.20 Å². The molecule has 0 amide bonds. The molecule has 0 atom stereocenters. The highest BCUT2D eigenvalue weighted by atomic mass is 16.6. The van der Waals surface area contributed by atoms with Crippen LogP contribution in [-0.2, 0) is 4.74 Å². The molecule has 0 unspecified atom stereocenters. The molecule has 0 bridgehead atoms. The Hall–Kier alpha value is -2.31. The smallest absolute Gasteiger partial charge is 0.419 e. The number of aromatic nitrogens is 4. The standard InChI is InChI=1S/C11H15N5O2/c1-11(2,3)18-10(17)16-5-8(13-6-16)9-7(12)4-14-15-9/h4-6H,12H2,1-3H3,(H,14,15). The quantitative estimate of drug-likeness (QED) is 0.800. The molecule has 0 aliphatic heterocycles. The monoisotopic (exact) mass is 249 g/mol. The van der Waals surface area contributed by atoms with Crippen LogP contribution in [0.5, 0.6) is 0 Å². The summed E-state index contributed by atoms with van der Waals surface area (Å²) in [5, 5.41) is 6.52. The first-order valence-electron chi connectivity index (χ1n) is 5.43. The lowest BCUT2D eigenvalue weighted by Crippen LogP contribution is -2.26. The van der Waals surface area contributed by atoms with Gasteiger partial charge in [0.25, 0.3) is 0 Å². The number of carbonyl (C=O) groups excluding carboxylic acids is 1. The summed E-state index contributed by atoms with van der Waals surface area (Å²) in [5.74, 6) is 0. The average Bonchev–Trinajstić information content (AvgIpc) is 2.82. The second-order valence-electron chi connectivity index (χ2n) is 4.85. The van der Waals surface area contributed by atoms with Crippen LogP contribution in [-0.4, -0.2) is 31.4 Å². The molecule has 3 N–H and O–H groups in total. The highest BCUT2D eigenvalue weighted by Crippen LogP contribution is 2.20. The Morgan fingerprint density at radius 3 is 2.78 bits per heavy atom. The summed E-state index contributed by atoms with van der Waals surface area (Å²) in [6.45, 7) is 5.40. The molecule has 0 aliphatic rings. The fraction of sp³-hybridized carbons (Fsp3) is 0.364. The van der Waals surface area contributed by atoms with Crippen molar-refractivity contribution in [3.8, 4) is 11.4 Å². The van der Waals surface area contributed by atoms with Crippen molar-refractivity contribution in [3.63, 3.8) is 0 Å². The van der Waals surface area contributed by atoms with E-state index in [2.05, 4.69) is 15.2 Å². The zero-order valence-corrected chi connectivity index (χ0v) is 10.5. The largest absolute Gasteiger partial charge is 0.443 e. The number of nitrogens with one attached hydrogen (secondary N) is 1. The van der Waals surface area contributed by atoms with Gasteiger partial charge < -0.3 is 10.5 Å². The number of anilines is 1. The molecule has 2 aromatic heterocycles. The third-order valence-electron chi connectivity index (χ3n) is 2.11. The van der Waals surface area contributed by atoms with E-state index >= 15 is 0 Å². The number of imidazole rings is 1. The van der Waals surface area contributed by atoms with Crippen molar-refractivity contribution < 1.29 is 9.53 Å². The Balaban J connectivity index is 2.21. The van der Waals surface area contributed by atoms with Gasteiger partial charge in [-0.25, -0.2) is 14.3 Å². The van der Waals surface area contributed by atoms with Gasteiger partial charge in [-0.3, -0.25) is 5.10 Å². The molecule has 7 nitrogen and oxygen atoms in total. The van der Waals surface area contributed by atoms with Gasteiger partial charge in [0.1, 0.15) is 23.3 Å². The summed E-state index contributed by atoms with van der Waals surface area (Å²) in [6.07, 6.45) is 3.92. The molecule has 2 aromatic rings. The van der Waals surface area contributed by atoms with Crippen LogP contribution in [0.25, 0.3) is 11.4 Å². The molecule has 96 valence electrons. The molecular formula is C11H15N5O2. The first-order chi connectivity index (χ1) is 8.37. The van der Waals surface area contributed by atoms with Crippen LogP contribution in [0, 0.1) is 0 Å². The fourth-order valence-electron chi connectivity index (χ4n) is 1.37. The van der Waals surface area contributed by atoms with Gasteiger partial charge in [-0.15, -0.1) is 0 Å². The Bertz CT molecular complexity index is 564. The van der Waals surface area contributed by atoms with Gasteiger partial charge in [-0.1, -0.05) is 0 Å². The summed E-state index contributed by atoms with van der Waals surface area (Å²) in [4.78, 5) is 15.9. The molecule has 2 heterocycles. The second kappa shape index (κ2) is 4.17. The summed E-state index contributed by atoms with van der Waals surface area (Å²) >= 11 is 0. The number of nitrogens with zero attached hydrogens (tertiary/aromatic N) is 3. The van der Waals surface area contributed by atoms with Crippen LogP contribution >= 0.6 is 0 Å². The number of aromatic amines is 1. The fourth-order valence-corrected chi connectivity index (χ4v) is 1.37. The molecule has 0 radical (unpaired) electrons. The molecule has 18 heavy (non-hydrogen) atoms. The number of H-pyrrole nitrogens is 1. The lowest BCUT2D eigenvalue weighted by molar-refractivity contribution is 0.0536. The maximum Gasteiger partial charge on any atom is 0.419 e. The number of nitrogen functional groups attached to an aromatic ring is 1. The van der Waals surface area contributed by atoms with E-state index in [-0.39, 0.29) is 0 Å². The van der Waals surface area contributed by atoms with Crippen LogP contribution in [0.2, 0.25) is 0 Å². The van der Waals surface area contributed by atoms with Gasteiger partial charge in [0.05, 0.1) is 11.9 Å². The Labute approximate surface area is 104 Å². The molecule has 0 fully saturated rings. The van der Waals surface area contributed by atoms with Crippen molar-refractivity contribution in [2.75, 3.05) is 5.73 Å². The van der Waals surface area contributed by atoms with Crippen molar-refractivity contribution >= 4 is 11.8 Å². The van der Waals surface area contributed by atoms with Gasteiger partial charge in [0.15, 0.2) is 0 Å². The van der Waals surface area contributed by atoms with Gasteiger partial charge in [0.2, 0.25) is 0 Å². The predicted molar refractivity (Wildman–Crippen MR) is 65.9 cm³/mol. The molecule has 2 rings (SSSR count). The van der Waals surface area contributed by atoms with Gasteiger partial charge >= 0.3 is 6.09 Å². The molecule has 0 aromatic carbocycles. The van der Waals surface area contributed by atoms with Crippen molar-refractivity contribution in [2.45, 2.75) is 26.4 Å². The molecule has 0 aliphatic carbocycles. The zero-order valence-electron chi connectivity index (χ0n) is 10.5. The summed E-state index contributed by atoms with van der Waals surface area (Å²) in [7, 11) is 0. The van der Waals surface area contributed by atoms with E-state index < -0.39 is 11.7 Å². The molecular weight excluding hydrogens is 234 g/mol. The van der Waals surface area contributed by atoms with E-state index in [1.165, 1.54) is 23.3 Å². The number of hydrogen-bond donors (Lipinski definition) is 2. The van der Waals surface area contributed by atoms with Crippen molar-refractivity contribution in [2.24, 2.45) is 0 Å². The van der Waals surface area contributed by atoms with Crippen molar-refractivity contribution in [1.29, 1.82) is 0 Å². The average molecular weight is 249 g/mol. The first-order valence-corrected chi connectivity index (χ1v) is 5.43. The number of rotatable bonds is 1. The highest BCUT2D eigenvalue weighted by molar-refractivity contribution is 5.74. The van der Waals surface area contributed by atoms with Crippen molar-refractivity contribution in [1.82, 2.24) is 19.7 Å². The first kappa shape index (κ1) is 12.2. The maximum absolute atomic E-state index is 11.8. The predicted octanol–water partition coefficient (Wildman–Crippen LogP) is 1.64. The van der Waals surface area contributed by atoms with Gasteiger partial charge in [-0.05, 0) is 20.8 Å². The van der Waals surface area contributed by atoms with E-state index in [4.69, 9.17) is 10.5 Å². The Morgan fingerprint density at radius 1 is 1.50 bits per heavy atom. The Morgan fingerprint density at radius 2 is 2.22 bits per heavy atom. The van der Waals surface area contributed by atoms with Crippen LogP contribution < -0.4 is 5.73 Å². The zero-order chi connectivity index (χ0) is 13.3. The SMILES string of the molecule is CC(C)(C)OC(=O)n1cnc(-c2[nH]ncc2N)c1. The molecule has 0 saturated carbocycles. The summed E-state index contributed by atoms with van der Waals surface area (Å²) < 4.78 is 6.48. The number of nitrogens with two attached hydrogens (primary N) is 1. The van der Waals surface area contributed by atoms with E-state index in [9.17, 15) is 4.79 Å². The lowest BCUT2D eigenvalue weighted by atomic mass is 10.2. The summed E-state index contributed by atoms with van der Waals surface area (Å²) in [5.41, 5.74) is 6.75. The minimum atomic E-state index is -0.547. The normalized spacial score (nSPS) is 11.5. The van der Waals surface area contributed by atoms with E-state index in [0.717, 1.165) is 0 Å². The number of carbonyl (C=O) groups is 1. The second-order valence-corrected chi connectivity index (χ2v) is 4.85. The van der Waals surface area contributed by atoms with Crippen molar-refractivity contribution in [3.05, 3.63) is 18.7 Å². The molecule has 0 spiro atoms. The third kappa shape index (κ3) is 2.50. The summed E-state index contributed by atoms with van der Waals surface area (Å²) in [6, 6.07) is 0. The highest BCUT2D eigenvalue weighted by Gasteiger charge is 2.18. The van der Waals surface area contributed by atoms with E-state index in [1.54, 1.807) is 20.8 Å². The third-order valence-corrected chi connectivity index (χ3v) is 2.11. The van der Waals surface area contributed by atoms with E-state index in [0.29, 0.717) is 17.1 Å². The van der Waals surface area contributed by atoms with Crippen LogP contribution in [0.3, 0.4) is 0 Å². The number of ether oxygens (including phenoxy) is 1. The van der Waals surface area contributed by atoms with Gasteiger partial charge in [-0.2, -0.15) is 5.10 Å². The lowest BCUT2D eigenvalue weighted by Gasteiger charge is -2.18. The topological polar surface area (TPSA) is 98.8 Å². The minimum Gasteiger partial charge on any atom is -0.443 e. The molecule has 7 heteroatoms. The van der Waals surface area contributed by atoms with Crippen LogP contribution in [0.1, 0.15) is 20.8 Å². The number of hydrogen-bond acceptors (Lipinski definition) is 5. The van der Waals surface area contributed by atoms with E-state index in [1.807, 2.05) is 0 Å².